The van der Waals surface area contributed by atoms with Gasteiger partial charge in [-0.05, 0) is 39.5 Å². The molecule has 0 saturated carbocycles. The van der Waals surface area contributed by atoms with Crippen LogP contribution in [0.5, 0.6) is 0 Å². The average Bonchev–Trinajstić information content (AvgIpc) is 2.19. The van der Waals surface area contributed by atoms with Crippen LogP contribution in [0.1, 0.15) is 47.5 Å². The topological polar surface area (TPSA) is 64.6 Å². The Hall–Kier alpha value is -1.52. The molecule has 0 atom stereocenters. The Kier molecular flexibility index (Phi) is 7.08. The minimum absolute atomic E-state index is 0.588. The maximum absolute atomic E-state index is 11.2. The van der Waals surface area contributed by atoms with Crippen molar-refractivity contribution in [2.45, 2.75) is 53.1 Å². The first-order valence-electron chi connectivity index (χ1n) is 6.07. The third kappa shape index (κ3) is 11.0. The van der Waals surface area contributed by atoms with Crippen LogP contribution >= 0.6 is 0 Å². The summed E-state index contributed by atoms with van der Waals surface area (Å²) in [5.74, 6) is -0.0322. The number of carbonyl (C=O) groups excluding carboxylic acids is 2. The summed E-state index contributed by atoms with van der Waals surface area (Å²) in [5.41, 5.74) is 1.31. The van der Waals surface area contributed by atoms with E-state index in [4.69, 9.17) is 4.74 Å². The summed E-state index contributed by atoms with van der Waals surface area (Å²) in [6.45, 7) is 9.38. The molecule has 5 heteroatoms. The zero-order valence-electron chi connectivity index (χ0n) is 11.8. The number of rotatable bonds is 4. The van der Waals surface area contributed by atoms with Gasteiger partial charge in [-0.1, -0.05) is 19.9 Å². The highest BCUT2D eigenvalue weighted by atomic mass is 16.7. The van der Waals surface area contributed by atoms with E-state index in [1.807, 2.05) is 5.48 Å². The largest absolute Gasteiger partial charge is 0.442 e. The first kappa shape index (κ1) is 16.5. The van der Waals surface area contributed by atoms with E-state index < -0.39 is 17.7 Å². The maximum atomic E-state index is 11.2. The van der Waals surface area contributed by atoms with Gasteiger partial charge in [0.2, 0.25) is 0 Å². The Morgan fingerprint density at radius 3 is 2.39 bits per heavy atom. The lowest BCUT2D eigenvalue weighted by molar-refractivity contribution is -0.144. The smallest absolute Gasteiger partial charge is 0.441 e. The molecule has 104 valence electrons. The summed E-state index contributed by atoms with van der Waals surface area (Å²) in [6, 6.07) is 0. The molecule has 0 unspecified atom stereocenters. The lowest BCUT2D eigenvalue weighted by Crippen LogP contribution is -2.33. The van der Waals surface area contributed by atoms with Gasteiger partial charge in [-0.3, -0.25) is 0 Å². The predicted octanol–water partition coefficient (Wildman–Crippen LogP) is 2.96. The molecule has 1 amide bonds. The van der Waals surface area contributed by atoms with Crippen molar-refractivity contribution in [3.8, 4) is 0 Å². The molecule has 0 heterocycles. The Labute approximate surface area is 108 Å². The highest BCUT2D eigenvalue weighted by Gasteiger charge is 2.16. The van der Waals surface area contributed by atoms with Crippen LogP contribution in [0.2, 0.25) is 0 Å². The van der Waals surface area contributed by atoms with Gasteiger partial charge in [0.1, 0.15) is 5.60 Å². The van der Waals surface area contributed by atoms with Crippen molar-refractivity contribution < 1.29 is 19.2 Å². The molecule has 0 radical (unpaired) electrons. The van der Waals surface area contributed by atoms with Crippen molar-refractivity contribution in [2.24, 2.45) is 5.92 Å². The molecule has 5 nitrogen and oxygen atoms in total. The van der Waals surface area contributed by atoms with Crippen molar-refractivity contribution in [1.82, 2.24) is 5.48 Å². The number of amides is 1. The van der Waals surface area contributed by atoms with Crippen molar-refractivity contribution in [3.05, 3.63) is 12.2 Å². The molecule has 0 aromatic heterocycles. The SMILES string of the molecule is CC(C)CC/C=C/C(=O)ONC(=O)OC(C)(C)C. The molecule has 0 aromatic rings. The standard InChI is InChI=1S/C13H23NO4/c1-10(2)8-6-7-9-11(15)18-14-12(16)17-13(3,4)5/h7,9-10H,6,8H2,1-5H3,(H,14,16)/b9-7+. The second kappa shape index (κ2) is 7.74. The van der Waals surface area contributed by atoms with Gasteiger partial charge >= 0.3 is 12.1 Å². The van der Waals surface area contributed by atoms with E-state index >= 15 is 0 Å². The summed E-state index contributed by atoms with van der Waals surface area (Å²) in [4.78, 5) is 26.8. The molecule has 18 heavy (non-hydrogen) atoms. The third-order valence-electron chi connectivity index (χ3n) is 1.80. The second-order valence-electron chi connectivity index (χ2n) is 5.40. The van der Waals surface area contributed by atoms with Gasteiger partial charge in [0.15, 0.2) is 0 Å². The Balaban J connectivity index is 3.80. The van der Waals surface area contributed by atoms with Crippen LogP contribution in [-0.4, -0.2) is 17.7 Å². The van der Waals surface area contributed by atoms with Crippen LogP contribution < -0.4 is 5.48 Å². The van der Waals surface area contributed by atoms with Gasteiger partial charge in [0, 0.05) is 6.08 Å². The minimum Gasteiger partial charge on any atom is -0.442 e. The molecule has 0 spiro atoms. The molecule has 0 saturated heterocycles. The van der Waals surface area contributed by atoms with Crippen LogP contribution in [0.3, 0.4) is 0 Å². The first-order chi connectivity index (χ1) is 8.20. The van der Waals surface area contributed by atoms with E-state index in [0.29, 0.717) is 5.92 Å². The van der Waals surface area contributed by atoms with Crippen LogP contribution in [0.15, 0.2) is 12.2 Å². The van der Waals surface area contributed by atoms with Gasteiger partial charge in [0.25, 0.3) is 0 Å². The molecule has 0 fully saturated rings. The summed E-state index contributed by atoms with van der Waals surface area (Å²) in [6.07, 6.45) is 4.04. The Bertz CT molecular complexity index is 303. The Morgan fingerprint density at radius 2 is 1.89 bits per heavy atom. The fourth-order valence-electron chi connectivity index (χ4n) is 1.03. The molecular weight excluding hydrogens is 234 g/mol. The number of allylic oxidation sites excluding steroid dienone is 1. The van der Waals surface area contributed by atoms with Crippen LogP contribution in [0, 0.1) is 5.92 Å². The highest BCUT2D eigenvalue weighted by molar-refractivity contribution is 5.83. The monoisotopic (exact) mass is 257 g/mol. The molecule has 1 N–H and O–H groups in total. The fraction of sp³-hybridized carbons (Fsp3) is 0.692. The van der Waals surface area contributed by atoms with E-state index in [2.05, 4.69) is 18.7 Å². The number of carbonyl (C=O) groups is 2. The number of hydroxylamine groups is 1. The molecule has 0 rings (SSSR count). The van der Waals surface area contributed by atoms with Gasteiger partial charge in [-0.15, -0.1) is 5.48 Å². The minimum atomic E-state index is -0.786. The summed E-state index contributed by atoms with van der Waals surface area (Å²) in [7, 11) is 0. The number of nitrogens with one attached hydrogen (secondary N) is 1. The molecule has 0 aliphatic carbocycles. The second-order valence-corrected chi connectivity index (χ2v) is 5.40. The Morgan fingerprint density at radius 1 is 1.28 bits per heavy atom. The zero-order valence-corrected chi connectivity index (χ0v) is 11.8. The van der Waals surface area contributed by atoms with Gasteiger partial charge in [-0.2, -0.15) is 0 Å². The van der Waals surface area contributed by atoms with Crippen LogP contribution in [0.4, 0.5) is 4.79 Å². The summed E-state index contributed by atoms with van der Waals surface area (Å²) < 4.78 is 4.89. The lowest BCUT2D eigenvalue weighted by atomic mass is 10.1. The maximum Gasteiger partial charge on any atom is 0.441 e. The number of ether oxygens (including phenoxy) is 1. The van der Waals surface area contributed by atoms with Gasteiger partial charge < -0.3 is 9.57 Å². The van der Waals surface area contributed by atoms with Gasteiger partial charge in [0.05, 0.1) is 0 Å². The molecule has 0 bridgehead atoms. The quantitative estimate of drug-likeness (QED) is 0.621. The third-order valence-corrected chi connectivity index (χ3v) is 1.80. The van der Waals surface area contributed by atoms with Crippen LogP contribution in [-0.2, 0) is 14.4 Å². The van der Waals surface area contributed by atoms with Crippen molar-refractivity contribution in [3.63, 3.8) is 0 Å². The van der Waals surface area contributed by atoms with Crippen molar-refractivity contribution in [2.75, 3.05) is 0 Å². The van der Waals surface area contributed by atoms with Crippen molar-refractivity contribution >= 4 is 12.1 Å². The first-order valence-corrected chi connectivity index (χ1v) is 6.07. The fourth-order valence-corrected chi connectivity index (χ4v) is 1.03. The van der Waals surface area contributed by atoms with Gasteiger partial charge in [-0.25, -0.2) is 9.59 Å². The average molecular weight is 257 g/mol. The van der Waals surface area contributed by atoms with Crippen molar-refractivity contribution in [1.29, 1.82) is 0 Å². The van der Waals surface area contributed by atoms with E-state index in [1.54, 1.807) is 26.8 Å². The highest BCUT2D eigenvalue weighted by Crippen LogP contribution is 2.06. The predicted molar refractivity (Wildman–Crippen MR) is 68.7 cm³/mol. The molecule has 0 aliphatic rings. The van der Waals surface area contributed by atoms with Crippen LogP contribution in [0.25, 0.3) is 0 Å². The number of hydrogen-bond donors (Lipinski definition) is 1. The van der Waals surface area contributed by atoms with E-state index in [0.717, 1.165) is 12.8 Å². The molecule has 0 aromatic carbocycles. The lowest BCUT2D eigenvalue weighted by Gasteiger charge is -2.18. The summed E-state index contributed by atoms with van der Waals surface area (Å²) in [5, 5.41) is 0. The van der Waals surface area contributed by atoms with E-state index in [9.17, 15) is 9.59 Å². The summed E-state index contributed by atoms with van der Waals surface area (Å²) >= 11 is 0. The normalized spacial score (nSPS) is 11.7. The molecular formula is C13H23NO4. The zero-order chi connectivity index (χ0) is 14.2. The molecule has 0 aliphatic heterocycles. The van der Waals surface area contributed by atoms with E-state index in [-0.39, 0.29) is 0 Å². The van der Waals surface area contributed by atoms with E-state index in [1.165, 1.54) is 6.08 Å². The number of hydrogen-bond acceptors (Lipinski definition) is 4.